The minimum absolute atomic E-state index is 0.0411. The zero-order valence-electron chi connectivity index (χ0n) is 12.3. The molecular weight excluding hydrogens is 226 g/mol. The number of hydrogen-bond acceptors (Lipinski definition) is 3. The molecule has 0 aromatic carbocycles. The average Bonchev–Trinajstić information content (AvgIpc) is 2.82. The summed E-state index contributed by atoms with van der Waals surface area (Å²) in [5, 5.41) is 3.64. The lowest BCUT2D eigenvalue weighted by Crippen LogP contribution is -2.56. The molecule has 3 nitrogen and oxygen atoms in total. The Labute approximate surface area is 112 Å². The lowest BCUT2D eigenvalue weighted by molar-refractivity contribution is -0.152. The summed E-state index contributed by atoms with van der Waals surface area (Å²) in [5.74, 6) is -0.0411. The maximum absolute atomic E-state index is 12.3. The highest BCUT2D eigenvalue weighted by molar-refractivity contribution is 5.81. The van der Waals surface area contributed by atoms with Crippen molar-refractivity contribution in [2.24, 2.45) is 0 Å². The molecule has 1 N–H and O–H groups in total. The van der Waals surface area contributed by atoms with Gasteiger partial charge in [0.05, 0.1) is 6.61 Å². The molecule has 0 aliphatic heterocycles. The van der Waals surface area contributed by atoms with Gasteiger partial charge in [0.15, 0.2) is 0 Å². The van der Waals surface area contributed by atoms with Crippen molar-refractivity contribution >= 4 is 5.97 Å². The molecule has 1 aliphatic carbocycles. The second kappa shape index (κ2) is 7.78. The molecular formula is C15H29NO2. The van der Waals surface area contributed by atoms with Crippen LogP contribution in [0.1, 0.15) is 72.1 Å². The fourth-order valence-electron chi connectivity index (χ4n) is 3.12. The second-order valence-corrected chi connectivity index (χ2v) is 5.43. The van der Waals surface area contributed by atoms with E-state index in [1.807, 2.05) is 6.92 Å². The largest absolute Gasteiger partial charge is 0.465 e. The average molecular weight is 255 g/mol. The third-order valence-electron chi connectivity index (χ3n) is 3.86. The van der Waals surface area contributed by atoms with Gasteiger partial charge in [-0.25, -0.2) is 0 Å². The summed E-state index contributed by atoms with van der Waals surface area (Å²) in [6.45, 7) is 6.64. The van der Waals surface area contributed by atoms with Gasteiger partial charge in [0.1, 0.15) is 5.54 Å². The lowest BCUT2D eigenvalue weighted by atomic mass is 9.87. The van der Waals surface area contributed by atoms with E-state index >= 15 is 0 Å². The van der Waals surface area contributed by atoms with Crippen LogP contribution in [0.15, 0.2) is 0 Å². The third-order valence-corrected chi connectivity index (χ3v) is 3.86. The van der Waals surface area contributed by atoms with Crippen molar-refractivity contribution < 1.29 is 9.53 Å². The van der Waals surface area contributed by atoms with Crippen molar-refractivity contribution in [3.05, 3.63) is 0 Å². The van der Waals surface area contributed by atoms with E-state index in [1.54, 1.807) is 0 Å². The van der Waals surface area contributed by atoms with Crippen LogP contribution in [0.5, 0.6) is 0 Å². The van der Waals surface area contributed by atoms with Crippen LogP contribution in [-0.2, 0) is 9.53 Å². The standard InChI is InChI=1S/C15H29NO2/c1-4-11-15(12-5-2,14(17)18-6-3)16-13-9-7-8-10-13/h13,16H,4-12H2,1-3H3. The third kappa shape index (κ3) is 3.98. The van der Waals surface area contributed by atoms with E-state index < -0.39 is 5.54 Å². The van der Waals surface area contributed by atoms with Crippen molar-refractivity contribution in [3.63, 3.8) is 0 Å². The number of rotatable bonds is 8. The van der Waals surface area contributed by atoms with Crippen LogP contribution in [0.2, 0.25) is 0 Å². The summed E-state index contributed by atoms with van der Waals surface area (Å²) in [6, 6.07) is 0.507. The molecule has 106 valence electrons. The number of nitrogens with one attached hydrogen (secondary N) is 1. The van der Waals surface area contributed by atoms with Gasteiger partial charge in [-0.05, 0) is 32.6 Å². The number of ether oxygens (including phenoxy) is 1. The first-order valence-electron chi connectivity index (χ1n) is 7.63. The van der Waals surface area contributed by atoms with E-state index in [9.17, 15) is 4.79 Å². The van der Waals surface area contributed by atoms with Gasteiger partial charge < -0.3 is 4.74 Å². The SMILES string of the molecule is CCCC(CCC)(NC1CCCC1)C(=O)OCC. The van der Waals surface area contributed by atoms with Gasteiger partial charge in [-0.3, -0.25) is 10.1 Å². The maximum Gasteiger partial charge on any atom is 0.326 e. The minimum Gasteiger partial charge on any atom is -0.465 e. The van der Waals surface area contributed by atoms with Gasteiger partial charge in [0.2, 0.25) is 0 Å². The fraction of sp³-hybridized carbons (Fsp3) is 0.933. The Kier molecular flexibility index (Phi) is 6.69. The van der Waals surface area contributed by atoms with Crippen LogP contribution in [0.4, 0.5) is 0 Å². The Morgan fingerprint density at radius 3 is 2.17 bits per heavy atom. The summed E-state index contributed by atoms with van der Waals surface area (Å²) in [4.78, 5) is 12.3. The summed E-state index contributed by atoms with van der Waals surface area (Å²) in [6.07, 6.45) is 8.77. The van der Waals surface area contributed by atoms with Crippen molar-refractivity contribution in [1.29, 1.82) is 0 Å². The van der Waals surface area contributed by atoms with Gasteiger partial charge in [-0.1, -0.05) is 39.5 Å². The van der Waals surface area contributed by atoms with Crippen molar-refractivity contribution in [2.75, 3.05) is 6.61 Å². The monoisotopic (exact) mass is 255 g/mol. The van der Waals surface area contributed by atoms with Crippen molar-refractivity contribution in [2.45, 2.75) is 83.7 Å². The molecule has 18 heavy (non-hydrogen) atoms. The molecule has 1 fully saturated rings. The first kappa shape index (κ1) is 15.5. The highest BCUT2D eigenvalue weighted by atomic mass is 16.5. The van der Waals surface area contributed by atoms with Crippen LogP contribution in [0.3, 0.4) is 0 Å². The molecule has 0 heterocycles. The molecule has 0 unspecified atom stereocenters. The lowest BCUT2D eigenvalue weighted by Gasteiger charge is -2.35. The molecule has 0 atom stereocenters. The first-order valence-corrected chi connectivity index (χ1v) is 7.63. The first-order chi connectivity index (χ1) is 8.68. The molecule has 3 heteroatoms. The zero-order valence-corrected chi connectivity index (χ0v) is 12.3. The van der Waals surface area contributed by atoms with Crippen LogP contribution < -0.4 is 5.32 Å². The summed E-state index contributed by atoms with van der Waals surface area (Å²) in [5.41, 5.74) is -0.436. The van der Waals surface area contributed by atoms with Gasteiger partial charge >= 0.3 is 5.97 Å². The van der Waals surface area contributed by atoms with Gasteiger partial charge in [0.25, 0.3) is 0 Å². The predicted molar refractivity (Wildman–Crippen MR) is 74.6 cm³/mol. The molecule has 1 rings (SSSR count). The Bertz CT molecular complexity index is 241. The summed E-state index contributed by atoms with van der Waals surface area (Å²) in [7, 11) is 0. The van der Waals surface area contributed by atoms with Crippen LogP contribution in [-0.4, -0.2) is 24.2 Å². The van der Waals surface area contributed by atoms with E-state index in [0.29, 0.717) is 12.6 Å². The Balaban J connectivity index is 2.76. The molecule has 1 saturated carbocycles. The molecule has 0 bridgehead atoms. The van der Waals surface area contributed by atoms with E-state index in [4.69, 9.17) is 4.74 Å². The van der Waals surface area contributed by atoms with Crippen LogP contribution in [0.25, 0.3) is 0 Å². The van der Waals surface area contributed by atoms with E-state index in [2.05, 4.69) is 19.2 Å². The number of hydrogen-bond donors (Lipinski definition) is 1. The quantitative estimate of drug-likeness (QED) is 0.675. The molecule has 0 saturated heterocycles. The topological polar surface area (TPSA) is 38.3 Å². The van der Waals surface area contributed by atoms with Gasteiger partial charge in [0, 0.05) is 6.04 Å². The smallest absolute Gasteiger partial charge is 0.326 e. The molecule has 0 aromatic heterocycles. The predicted octanol–water partition coefficient (Wildman–Crippen LogP) is 3.42. The van der Waals surface area contributed by atoms with E-state index in [-0.39, 0.29) is 5.97 Å². The van der Waals surface area contributed by atoms with Crippen LogP contribution >= 0.6 is 0 Å². The van der Waals surface area contributed by atoms with Crippen LogP contribution in [0, 0.1) is 0 Å². The summed E-state index contributed by atoms with van der Waals surface area (Å²) < 4.78 is 5.32. The molecule has 0 radical (unpaired) electrons. The van der Waals surface area contributed by atoms with Gasteiger partial charge in [-0.15, -0.1) is 0 Å². The number of carbonyl (C=O) groups is 1. The highest BCUT2D eigenvalue weighted by Gasteiger charge is 2.40. The highest BCUT2D eigenvalue weighted by Crippen LogP contribution is 2.27. The van der Waals surface area contributed by atoms with Crippen molar-refractivity contribution in [3.8, 4) is 0 Å². The molecule has 0 spiro atoms. The Hall–Kier alpha value is -0.570. The molecule has 1 aliphatic rings. The van der Waals surface area contributed by atoms with E-state index in [1.165, 1.54) is 25.7 Å². The van der Waals surface area contributed by atoms with E-state index in [0.717, 1.165) is 25.7 Å². The summed E-state index contributed by atoms with van der Waals surface area (Å²) >= 11 is 0. The number of carbonyl (C=O) groups excluding carboxylic acids is 1. The van der Waals surface area contributed by atoms with Gasteiger partial charge in [-0.2, -0.15) is 0 Å². The second-order valence-electron chi connectivity index (χ2n) is 5.43. The fourth-order valence-corrected chi connectivity index (χ4v) is 3.12. The maximum atomic E-state index is 12.3. The zero-order chi connectivity index (χ0) is 13.4. The molecule has 0 aromatic rings. The molecule has 0 amide bonds. The minimum atomic E-state index is -0.436. The normalized spacial score (nSPS) is 17.1. The van der Waals surface area contributed by atoms with Crippen molar-refractivity contribution in [1.82, 2.24) is 5.32 Å². The number of esters is 1. The Morgan fingerprint density at radius 1 is 1.17 bits per heavy atom. The Morgan fingerprint density at radius 2 is 1.72 bits per heavy atom.